The first kappa shape index (κ1) is 20.2. The molecule has 144 valence electrons. The number of piperidine rings is 1. The van der Waals surface area contributed by atoms with Gasteiger partial charge in [0.2, 0.25) is 10.0 Å². The molecule has 0 radical (unpaired) electrons. The van der Waals surface area contributed by atoms with Crippen molar-refractivity contribution in [3.8, 4) is 5.75 Å². The number of likely N-dealkylation sites (tertiary alicyclic amines) is 1. The summed E-state index contributed by atoms with van der Waals surface area (Å²) in [6.07, 6.45) is 2.38. The molecule has 0 aliphatic carbocycles. The fourth-order valence-electron chi connectivity index (χ4n) is 3.17. The average Bonchev–Trinajstić information content (AvgIpc) is 2.59. The summed E-state index contributed by atoms with van der Waals surface area (Å²) >= 11 is 0. The molecular weight excluding hydrogens is 360 g/mol. The van der Waals surface area contributed by atoms with E-state index in [9.17, 15) is 18.0 Å². The molecule has 1 aliphatic heterocycles. The number of rotatable bonds is 7. The second kappa shape index (κ2) is 8.50. The maximum atomic E-state index is 12.7. The number of benzene rings is 1. The van der Waals surface area contributed by atoms with E-state index < -0.39 is 22.6 Å². The molecule has 0 unspecified atom stereocenters. The number of hydrogen-bond acceptors (Lipinski definition) is 5. The van der Waals surface area contributed by atoms with Crippen molar-refractivity contribution >= 4 is 21.9 Å². The zero-order chi connectivity index (χ0) is 19.3. The summed E-state index contributed by atoms with van der Waals surface area (Å²) in [5.74, 6) is -0.941. The summed E-state index contributed by atoms with van der Waals surface area (Å²) in [6.45, 7) is 2.69. The lowest BCUT2D eigenvalue weighted by Gasteiger charge is -2.36. The second-order valence-electron chi connectivity index (χ2n) is 6.20. The van der Waals surface area contributed by atoms with Gasteiger partial charge in [0.1, 0.15) is 5.75 Å². The van der Waals surface area contributed by atoms with Gasteiger partial charge in [-0.05, 0) is 31.0 Å². The highest BCUT2D eigenvalue weighted by Gasteiger charge is 2.30. The summed E-state index contributed by atoms with van der Waals surface area (Å²) in [7, 11) is -3.26. The fourth-order valence-corrected chi connectivity index (χ4v) is 4.39. The first-order valence-corrected chi connectivity index (χ1v) is 10.3. The molecule has 1 aromatic rings. The molecule has 9 heteroatoms. The van der Waals surface area contributed by atoms with Gasteiger partial charge in [-0.25, -0.2) is 13.2 Å². The quantitative estimate of drug-likeness (QED) is 0.753. The molecule has 0 atom stereocenters. The predicted molar refractivity (Wildman–Crippen MR) is 95.7 cm³/mol. The second-order valence-corrected chi connectivity index (χ2v) is 8.14. The molecule has 1 heterocycles. The highest BCUT2D eigenvalue weighted by molar-refractivity contribution is 7.88. The van der Waals surface area contributed by atoms with E-state index >= 15 is 0 Å². The van der Waals surface area contributed by atoms with Crippen molar-refractivity contribution in [2.75, 3.05) is 32.5 Å². The van der Waals surface area contributed by atoms with Gasteiger partial charge in [0, 0.05) is 31.2 Å². The number of ether oxygens (including phenoxy) is 1. The van der Waals surface area contributed by atoms with Crippen molar-refractivity contribution in [1.29, 1.82) is 0 Å². The molecule has 1 amide bonds. The minimum atomic E-state index is -3.26. The summed E-state index contributed by atoms with van der Waals surface area (Å²) in [5.41, 5.74) is 0.418. The van der Waals surface area contributed by atoms with Crippen molar-refractivity contribution in [1.82, 2.24) is 9.21 Å². The van der Waals surface area contributed by atoms with Gasteiger partial charge in [0.05, 0.1) is 6.26 Å². The molecule has 26 heavy (non-hydrogen) atoms. The Morgan fingerprint density at radius 2 is 1.96 bits per heavy atom. The van der Waals surface area contributed by atoms with Gasteiger partial charge in [0.15, 0.2) is 6.61 Å². The molecule has 1 saturated heterocycles. The Hall–Kier alpha value is -2.13. The van der Waals surface area contributed by atoms with Gasteiger partial charge < -0.3 is 14.7 Å². The van der Waals surface area contributed by atoms with Crippen molar-refractivity contribution in [3.05, 3.63) is 29.8 Å². The summed E-state index contributed by atoms with van der Waals surface area (Å²) in [4.78, 5) is 24.9. The Morgan fingerprint density at radius 1 is 1.31 bits per heavy atom. The van der Waals surface area contributed by atoms with Crippen LogP contribution >= 0.6 is 0 Å². The van der Waals surface area contributed by atoms with Gasteiger partial charge in [-0.2, -0.15) is 4.31 Å². The molecule has 1 aromatic carbocycles. The minimum Gasteiger partial charge on any atom is -0.482 e. The summed E-state index contributed by atoms with van der Waals surface area (Å²) in [6, 6.07) is 6.31. The molecule has 8 nitrogen and oxygen atoms in total. The van der Waals surface area contributed by atoms with Gasteiger partial charge in [0.25, 0.3) is 5.91 Å². The zero-order valence-corrected chi connectivity index (χ0v) is 15.7. The predicted octanol–water partition coefficient (Wildman–Crippen LogP) is 1.04. The van der Waals surface area contributed by atoms with E-state index in [4.69, 9.17) is 9.84 Å². The van der Waals surface area contributed by atoms with E-state index in [2.05, 4.69) is 0 Å². The molecular formula is C17H24N2O6S. The van der Waals surface area contributed by atoms with Crippen LogP contribution in [0.4, 0.5) is 0 Å². The third-order valence-corrected chi connectivity index (χ3v) is 5.75. The lowest BCUT2D eigenvalue weighted by molar-refractivity contribution is -0.139. The first-order valence-electron chi connectivity index (χ1n) is 8.43. The van der Waals surface area contributed by atoms with E-state index in [-0.39, 0.29) is 11.9 Å². The van der Waals surface area contributed by atoms with Crippen molar-refractivity contribution < 1.29 is 27.9 Å². The number of carboxylic acid groups (broad SMARTS) is 1. The van der Waals surface area contributed by atoms with E-state index in [1.54, 1.807) is 30.0 Å². The first-order chi connectivity index (χ1) is 12.2. The lowest BCUT2D eigenvalue weighted by Crippen LogP contribution is -2.48. The number of nitrogens with zero attached hydrogens (tertiary/aromatic N) is 2. The van der Waals surface area contributed by atoms with Gasteiger partial charge in [-0.3, -0.25) is 4.79 Å². The van der Waals surface area contributed by atoms with E-state index in [1.165, 1.54) is 16.6 Å². The Labute approximate surface area is 153 Å². The van der Waals surface area contributed by atoms with Crippen molar-refractivity contribution in [2.45, 2.75) is 25.8 Å². The highest BCUT2D eigenvalue weighted by Crippen LogP contribution is 2.21. The molecule has 0 bridgehead atoms. The summed E-state index contributed by atoms with van der Waals surface area (Å²) in [5, 5.41) is 8.66. The van der Waals surface area contributed by atoms with Crippen molar-refractivity contribution in [2.24, 2.45) is 0 Å². The molecule has 0 saturated carbocycles. The Kier molecular flexibility index (Phi) is 6.60. The monoisotopic (exact) mass is 384 g/mol. The molecule has 0 spiro atoms. The van der Waals surface area contributed by atoms with Crippen LogP contribution < -0.4 is 4.74 Å². The van der Waals surface area contributed by atoms with Gasteiger partial charge >= 0.3 is 5.97 Å². The number of sulfonamides is 1. The maximum absolute atomic E-state index is 12.7. The smallest absolute Gasteiger partial charge is 0.341 e. The standard InChI is InChI=1S/C17H24N2O6S/c1-3-19(26(2,23)24)14-7-9-18(10-8-14)17(22)13-5-4-6-15(11-13)25-12-16(20)21/h4-6,11,14H,3,7-10,12H2,1-2H3,(H,20,21). The number of carbonyl (C=O) groups excluding carboxylic acids is 1. The molecule has 2 rings (SSSR count). The molecule has 0 aromatic heterocycles. The topological polar surface area (TPSA) is 104 Å². The largest absolute Gasteiger partial charge is 0.482 e. The van der Waals surface area contributed by atoms with E-state index in [0.717, 1.165) is 0 Å². The van der Waals surface area contributed by atoms with E-state index in [1.807, 2.05) is 0 Å². The SMILES string of the molecule is CCN(C1CCN(C(=O)c2cccc(OCC(=O)O)c2)CC1)S(C)(=O)=O. The van der Waals surface area contributed by atoms with Crippen LogP contribution in [0.2, 0.25) is 0 Å². The number of hydrogen-bond donors (Lipinski definition) is 1. The number of aliphatic carboxylic acids is 1. The van der Waals surface area contributed by atoms with Crippen LogP contribution in [0.3, 0.4) is 0 Å². The van der Waals surface area contributed by atoms with Crippen LogP contribution in [0.1, 0.15) is 30.1 Å². The Morgan fingerprint density at radius 3 is 2.50 bits per heavy atom. The Bertz CT molecular complexity index is 756. The number of carbonyl (C=O) groups is 2. The fraction of sp³-hybridized carbons (Fsp3) is 0.529. The van der Waals surface area contributed by atoms with Crippen LogP contribution in [0.5, 0.6) is 5.75 Å². The van der Waals surface area contributed by atoms with E-state index in [0.29, 0.717) is 43.8 Å². The third kappa shape index (κ3) is 5.18. The minimum absolute atomic E-state index is 0.0933. The van der Waals surface area contributed by atoms with Crippen LogP contribution in [-0.4, -0.2) is 73.1 Å². The van der Waals surface area contributed by atoms with Crippen LogP contribution in [0.15, 0.2) is 24.3 Å². The van der Waals surface area contributed by atoms with Gasteiger partial charge in [-0.15, -0.1) is 0 Å². The van der Waals surface area contributed by atoms with Crippen molar-refractivity contribution in [3.63, 3.8) is 0 Å². The van der Waals surface area contributed by atoms with Crippen LogP contribution in [0, 0.1) is 0 Å². The lowest BCUT2D eigenvalue weighted by atomic mass is 10.0. The normalized spacial score (nSPS) is 15.9. The molecule has 1 aliphatic rings. The van der Waals surface area contributed by atoms with Gasteiger partial charge in [-0.1, -0.05) is 13.0 Å². The average molecular weight is 384 g/mol. The molecule has 1 fully saturated rings. The number of amides is 1. The Balaban J connectivity index is 2.00. The highest BCUT2D eigenvalue weighted by atomic mass is 32.2. The summed E-state index contributed by atoms with van der Waals surface area (Å²) < 4.78 is 30.3. The zero-order valence-electron chi connectivity index (χ0n) is 14.9. The third-order valence-electron chi connectivity index (χ3n) is 4.34. The number of carboxylic acids is 1. The maximum Gasteiger partial charge on any atom is 0.341 e. The van der Waals surface area contributed by atoms with Crippen LogP contribution in [-0.2, 0) is 14.8 Å². The molecule has 1 N–H and O–H groups in total. The van der Waals surface area contributed by atoms with Crippen LogP contribution in [0.25, 0.3) is 0 Å².